The van der Waals surface area contributed by atoms with Gasteiger partial charge in [-0.1, -0.05) is 0 Å². The molecular weight excluding hydrogens is 143 g/mol. The molecule has 0 fully saturated rings. The largest absolute Gasteiger partial charge is 2.00 e. The predicted octanol–water partition coefficient (Wildman–Crippen LogP) is 1.85. The van der Waals surface area contributed by atoms with E-state index in [1.165, 1.54) is 0 Å². The minimum absolute atomic E-state index is 0. The van der Waals surface area contributed by atoms with Gasteiger partial charge in [-0.25, -0.2) is 0 Å². The Hall–Kier alpha value is 0.739. The van der Waals surface area contributed by atoms with Crippen molar-refractivity contribution in [1.82, 2.24) is 0 Å². The van der Waals surface area contributed by atoms with Crippen LogP contribution in [0.15, 0.2) is 0 Å². The molecule has 0 spiro atoms. The maximum Gasteiger partial charge on any atom is 2.00 e. The average Bonchev–Trinajstić information content (AvgIpc) is 0.811. The van der Waals surface area contributed by atoms with Gasteiger partial charge < -0.3 is 0 Å². The van der Waals surface area contributed by atoms with Crippen LogP contribution >= 0.6 is 8.85 Å². The van der Waals surface area contributed by atoms with Gasteiger partial charge in [0.15, 0.2) is 0 Å². The quantitative estimate of drug-likeness (QED) is 0.359. The fraction of sp³-hybridized carbons (Fsp3) is 0. The summed E-state index contributed by atoms with van der Waals surface area (Å²) in [5.74, 6) is 0. The summed E-state index contributed by atoms with van der Waals surface area (Å²) < 4.78 is 29.3. The van der Waals surface area contributed by atoms with Gasteiger partial charge in [-0.15, -0.1) is 0 Å². The van der Waals surface area contributed by atoms with Crippen molar-refractivity contribution < 1.29 is 29.7 Å². The van der Waals surface area contributed by atoms with Gasteiger partial charge in [-0.2, -0.15) is 0 Å². The van der Waals surface area contributed by atoms with Crippen LogP contribution in [-0.2, 0) is 17.1 Å². The van der Waals surface area contributed by atoms with Gasteiger partial charge in [0.2, 0.25) is 0 Å². The van der Waals surface area contributed by atoms with E-state index < -0.39 is 8.85 Å². The summed E-state index contributed by atoms with van der Waals surface area (Å²) >= 11 is 0. The molecule has 0 saturated carbocycles. The molecule has 0 heterocycles. The molecule has 0 rings (SSSR count). The molecule has 1 radical (unpaired) electrons. The number of hydrogen-bond acceptors (Lipinski definition) is 0. The van der Waals surface area contributed by atoms with E-state index in [1.54, 1.807) is 0 Å². The van der Waals surface area contributed by atoms with Crippen LogP contribution in [0.3, 0.4) is 0 Å². The van der Waals surface area contributed by atoms with Crippen LogP contribution in [0.1, 0.15) is 0 Å². The van der Waals surface area contributed by atoms with Gasteiger partial charge in [0.25, 0.3) is 0 Å². The number of hydrogen-bond donors (Lipinski definition) is 0. The zero-order valence-corrected chi connectivity index (χ0v) is 4.19. The minimum Gasteiger partial charge on any atom is 0.0167 e. The molecule has 0 amide bonds. The maximum absolute atomic E-state index is 9.77. The summed E-state index contributed by atoms with van der Waals surface area (Å²) in [5.41, 5.74) is 0. The first-order valence-electron chi connectivity index (χ1n) is 0.567. The molecule has 5 heteroatoms. The van der Waals surface area contributed by atoms with Crippen molar-refractivity contribution >= 4 is 8.85 Å². The Morgan fingerprint density at radius 1 is 1.00 bits per heavy atom. The zero-order chi connectivity index (χ0) is 3.58. The summed E-state index contributed by atoms with van der Waals surface area (Å²) in [6.45, 7) is 0. The first-order chi connectivity index (χ1) is 1.73. The molecule has 0 bridgehead atoms. The molecule has 0 N–H and O–H groups in total. The second-order valence-corrected chi connectivity index (χ2v) is 0.643. The van der Waals surface area contributed by atoms with E-state index in [2.05, 4.69) is 0 Å². The Balaban J connectivity index is 0. The monoisotopic (exact) mass is 144 g/mol. The molecule has 0 saturated heterocycles. The predicted molar refractivity (Wildman–Crippen MR) is 11.6 cm³/mol. The minimum atomic E-state index is -4.38. The third-order valence-electron chi connectivity index (χ3n) is 0. The Morgan fingerprint density at radius 3 is 1.00 bits per heavy atom. The first kappa shape index (κ1) is 9.22. The molecule has 0 aromatic heterocycles. The molecule has 0 aliphatic rings. The summed E-state index contributed by atoms with van der Waals surface area (Å²) in [7, 11) is -4.38. The molecular formula is HF3MnP+3. The second kappa shape index (κ2) is 4.74. The molecule has 0 aliphatic heterocycles. The van der Waals surface area contributed by atoms with Crippen molar-refractivity contribution in [3.8, 4) is 0 Å². The van der Waals surface area contributed by atoms with Crippen molar-refractivity contribution in [2.45, 2.75) is 0 Å². The van der Waals surface area contributed by atoms with Crippen molar-refractivity contribution in [2.24, 2.45) is 0 Å². The second-order valence-electron chi connectivity index (χ2n) is 0.214. The number of halogens is 3. The maximum atomic E-state index is 9.77. The van der Waals surface area contributed by atoms with E-state index in [9.17, 15) is 12.6 Å². The Labute approximate surface area is 39.3 Å². The Bertz CT molecular complexity index is 11.6. The van der Waals surface area contributed by atoms with E-state index in [1.807, 2.05) is 0 Å². The van der Waals surface area contributed by atoms with Gasteiger partial charge in [0, 0.05) is 12.6 Å². The van der Waals surface area contributed by atoms with Gasteiger partial charge in [0.05, 0.1) is 0 Å². The SMILES string of the molecule is F[PH+](F)F.[Mn+2]. The van der Waals surface area contributed by atoms with E-state index >= 15 is 0 Å². The van der Waals surface area contributed by atoms with Crippen molar-refractivity contribution in [1.29, 1.82) is 0 Å². The standard InChI is InChI=1S/F3HP.Mn/c1-4(2)3;/h4H;/q+1;+2. The van der Waals surface area contributed by atoms with E-state index in [0.29, 0.717) is 0 Å². The van der Waals surface area contributed by atoms with Gasteiger partial charge in [0.1, 0.15) is 0 Å². The third-order valence-corrected chi connectivity index (χ3v) is 0. The zero-order valence-electron chi connectivity index (χ0n) is 2.01. The van der Waals surface area contributed by atoms with Crippen molar-refractivity contribution in [3.63, 3.8) is 0 Å². The Morgan fingerprint density at radius 2 is 1.00 bits per heavy atom. The molecule has 0 aliphatic carbocycles. The normalized spacial score (nSPS) is 7.20. The average molecular weight is 144 g/mol. The Kier molecular flexibility index (Phi) is 8.74. The molecule has 5 heavy (non-hydrogen) atoms. The van der Waals surface area contributed by atoms with Crippen molar-refractivity contribution in [2.75, 3.05) is 0 Å². The van der Waals surface area contributed by atoms with E-state index in [0.717, 1.165) is 0 Å². The van der Waals surface area contributed by atoms with Crippen LogP contribution in [0.4, 0.5) is 12.6 Å². The van der Waals surface area contributed by atoms with Crippen LogP contribution in [0.25, 0.3) is 0 Å². The van der Waals surface area contributed by atoms with Crippen LogP contribution in [0.2, 0.25) is 0 Å². The van der Waals surface area contributed by atoms with Gasteiger partial charge in [-0.05, 0) is 0 Å². The summed E-state index contributed by atoms with van der Waals surface area (Å²) in [6, 6.07) is 0. The molecule has 0 nitrogen and oxygen atoms in total. The third kappa shape index (κ3) is 65.0. The fourth-order valence-electron chi connectivity index (χ4n) is 0. The van der Waals surface area contributed by atoms with Crippen LogP contribution in [0.5, 0.6) is 0 Å². The van der Waals surface area contributed by atoms with Gasteiger partial charge >= 0.3 is 25.9 Å². The summed E-state index contributed by atoms with van der Waals surface area (Å²) in [5, 5.41) is 0. The summed E-state index contributed by atoms with van der Waals surface area (Å²) in [6.07, 6.45) is 0. The van der Waals surface area contributed by atoms with E-state index in [4.69, 9.17) is 0 Å². The fourth-order valence-corrected chi connectivity index (χ4v) is 0. The molecule has 0 aromatic rings. The van der Waals surface area contributed by atoms with Gasteiger partial charge in [-0.3, -0.25) is 0 Å². The molecule has 0 atom stereocenters. The van der Waals surface area contributed by atoms with E-state index in [-0.39, 0.29) is 17.1 Å². The topological polar surface area (TPSA) is 0 Å². The van der Waals surface area contributed by atoms with Crippen molar-refractivity contribution in [3.05, 3.63) is 0 Å². The number of rotatable bonds is 0. The van der Waals surface area contributed by atoms with Crippen LogP contribution in [-0.4, -0.2) is 0 Å². The summed E-state index contributed by atoms with van der Waals surface area (Å²) in [4.78, 5) is 0. The smallest absolute Gasteiger partial charge is 0.0167 e. The molecule has 31 valence electrons. The first-order valence-corrected chi connectivity index (χ1v) is 1.70. The molecule has 0 aromatic carbocycles. The van der Waals surface area contributed by atoms with Crippen LogP contribution < -0.4 is 0 Å². The van der Waals surface area contributed by atoms with Crippen LogP contribution in [0, 0.1) is 0 Å². The molecule has 0 unspecified atom stereocenters.